The smallest absolute Gasteiger partial charge is 0.319 e. The van der Waals surface area contributed by atoms with Crippen molar-refractivity contribution in [3.8, 4) is 29.6 Å². The van der Waals surface area contributed by atoms with Gasteiger partial charge in [-0.1, -0.05) is 12.0 Å². The van der Waals surface area contributed by atoms with Crippen molar-refractivity contribution in [2.45, 2.75) is 69.1 Å². The molecule has 3 unspecified atom stereocenters. The molecule has 8 rings (SSSR count). The number of nitrogens with two attached hydrogens (primary N) is 1. The number of halogens is 4. The Hall–Kier alpha value is -4.21. The molecule has 12 heteroatoms. The van der Waals surface area contributed by atoms with Crippen LogP contribution in [-0.4, -0.2) is 70.3 Å². The molecule has 3 fully saturated rings. The van der Waals surface area contributed by atoms with Gasteiger partial charge in [0.05, 0.1) is 34.8 Å². The van der Waals surface area contributed by atoms with E-state index in [0.717, 1.165) is 38.8 Å². The van der Waals surface area contributed by atoms with Gasteiger partial charge in [0.2, 0.25) is 0 Å². The third-order valence-corrected chi connectivity index (χ3v) is 10.2. The summed E-state index contributed by atoms with van der Waals surface area (Å²) in [7, 11) is 0. The van der Waals surface area contributed by atoms with E-state index in [1.165, 1.54) is 18.2 Å². The number of nitrogens with zero attached hydrogens (tertiary/aromatic N) is 5. The minimum absolute atomic E-state index is 0.0348. The van der Waals surface area contributed by atoms with E-state index < -0.39 is 30.3 Å². The molecule has 0 radical (unpaired) electrons. The van der Waals surface area contributed by atoms with Gasteiger partial charge in [-0.25, -0.2) is 22.5 Å². The number of fused-ring (bicyclic) bond motifs is 4. The van der Waals surface area contributed by atoms with Crippen molar-refractivity contribution in [3.63, 3.8) is 0 Å². The van der Waals surface area contributed by atoms with Crippen LogP contribution >= 0.6 is 0 Å². The molecule has 4 aliphatic rings. The SMILES string of the molecule is C#Cc1c(F)ccc2cc(N)cc(-c3nc4c5c(nc(OCC67CCCN6CCC7)nc5c3F)N3CC(F)NC(F)C3CCC4)c12. The summed E-state index contributed by atoms with van der Waals surface area (Å²) in [5.41, 5.74) is 6.88. The van der Waals surface area contributed by atoms with Crippen LogP contribution in [0.5, 0.6) is 6.01 Å². The average Bonchev–Trinajstić information content (AvgIpc) is 3.61. The first-order valence-corrected chi connectivity index (χ1v) is 15.8. The van der Waals surface area contributed by atoms with Crippen LogP contribution in [0.1, 0.15) is 49.8 Å². The zero-order chi connectivity index (χ0) is 31.7. The molecule has 2 aromatic heterocycles. The van der Waals surface area contributed by atoms with Crippen molar-refractivity contribution in [2.75, 3.05) is 36.9 Å². The molecule has 8 nitrogen and oxygen atoms in total. The number of alkyl halides is 2. The summed E-state index contributed by atoms with van der Waals surface area (Å²) >= 11 is 0. The van der Waals surface area contributed by atoms with E-state index in [1.54, 1.807) is 11.0 Å². The number of benzene rings is 2. The minimum Gasteiger partial charge on any atom is -0.461 e. The number of rotatable bonds is 4. The minimum atomic E-state index is -1.67. The summed E-state index contributed by atoms with van der Waals surface area (Å²) in [6, 6.07) is 5.15. The molecule has 6 heterocycles. The number of aryl methyl sites for hydroxylation is 1. The van der Waals surface area contributed by atoms with Gasteiger partial charge >= 0.3 is 6.01 Å². The molecule has 0 amide bonds. The zero-order valence-electron chi connectivity index (χ0n) is 25.1. The second-order valence-electron chi connectivity index (χ2n) is 12.9. The lowest BCUT2D eigenvalue weighted by atomic mass is 9.94. The summed E-state index contributed by atoms with van der Waals surface area (Å²) < 4.78 is 68.4. The lowest BCUT2D eigenvalue weighted by molar-refractivity contribution is 0.102. The summed E-state index contributed by atoms with van der Waals surface area (Å²) in [6.07, 6.45) is 7.71. The lowest BCUT2D eigenvalue weighted by Crippen LogP contribution is -2.60. The van der Waals surface area contributed by atoms with Crippen molar-refractivity contribution in [2.24, 2.45) is 0 Å². The number of nitrogens with one attached hydrogen (secondary N) is 1. The van der Waals surface area contributed by atoms with E-state index in [2.05, 4.69) is 21.1 Å². The second-order valence-corrected chi connectivity index (χ2v) is 12.9. The van der Waals surface area contributed by atoms with Crippen LogP contribution in [-0.2, 0) is 6.42 Å². The van der Waals surface area contributed by atoms with Crippen molar-refractivity contribution >= 4 is 33.2 Å². The lowest BCUT2D eigenvalue weighted by Gasteiger charge is -2.42. The van der Waals surface area contributed by atoms with Gasteiger partial charge in [0.25, 0.3) is 0 Å². The Morgan fingerprint density at radius 3 is 2.65 bits per heavy atom. The predicted octanol–water partition coefficient (Wildman–Crippen LogP) is 5.40. The van der Waals surface area contributed by atoms with Gasteiger partial charge in [-0.2, -0.15) is 9.97 Å². The third-order valence-electron chi connectivity index (χ3n) is 10.2. The molecule has 0 saturated carbocycles. The Bertz CT molecular complexity index is 1920. The van der Waals surface area contributed by atoms with Crippen molar-refractivity contribution in [1.29, 1.82) is 0 Å². The fraction of sp³-hybridized carbons (Fsp3) is 0.441. The highest BCUT2D eigenvalue weighted by molar-refractivity contribution is 6.04. The van der Waals surface area contributed by atoms with E-state index in [0.29, 0.717) is 48.0 Å². The molecule has 3 saturated heterocycles. The van der Waals surface area contributed by atoms with Gasteiger partial charge in [-0.05, 0) is 81.6 Å². The van der Waals surface area contributed by atoms with Crippen LogP contribution in [0.4, 0.5) is 29.1 Å². The van der Waals surface area contributed by atoms with E-state index in [1.807, 2.05) is 0 Å². The fourth-order valence-corrected chi connectivity index (χ4v) is 8.12. The molecule has 2 aromatic carbocycles. The predicted molar refractivity (Wildman–Crippen MR) is 168 cm³/mol. The highest BCUT2D eigenvalue weighted by atomic mass is 19.2. The van der Waals surface area contributed by atoms with Gasteiger partial charge in [-0.3, -0.25) is 10.2 Å². The molecular weight excluding hydrogens is 598 g/mol. The molecule has 238 valence electrons. The Morgan fingerprint density at radius 2 is 1.87 bits per heavy atom. The molecule has 0 bridgehead atoms. The molecule has 0 aliphatic carbocycles. The first kappa shape index (κ1) is 29.2. The van der Waals surface area contributed by atoms with E-state index >= 15 is 8.78 Å². The van der Waals surface area contributed by atoms with E-state index in [9.17, 15) is 8.78 Å². The third kappa shape index (κ3) is 4.54. The second kappa shape index (κ2) is 11.0. The molecule has 4 aromatic rings. The van der Waals surface area contributed by atoms with Crippen molar-refractivity contribution in [3.05, 3.63) is 47.2 Å². The monoisotopic (exact) mass is 631 g/mol. The number of anilines is 2. The van der Waals surface area contributed by atoms with Crippen LogP contribution in [0.3, 0.4) is 0 Å². The Labute approximate surface area is 263 Å². The maximum absolute atomic E-state index is 17.0. The quantitative estimate of drug-likeness (QED) is 0.134. The average molecular weight is 632 g/mol. The van der Waals surface area contributed by atoms with Crippen LogP contribution in [0.15, 0.2) is 24.3 Å². The molecule has 0 spiro atoms. The molecule has 3 atom stereocenters. The number of terminal acetylenes is 1. The normalized spacial score (nSPS) is 24.0. The zero-order valence-corrected chi connectivity index (χ0v) is 25.1. The Kier molecular flexibility index (Phi) is 6.95. The Balaban J connectivity index is 1.36. The number of pyridine rings is 1. The summed E-state index contributed by atoms with van der Waals surface area (Å²) in [5, 5.41) is 3.47. The number of piperazine rings is 1. The molecule has 46 heavy (non-hydrogen) atoms. The highest BCUT2D eigenvalue weighted by Gasteiger charge is 2.45. The maximum Gasteiger partial charge on any atom is 0.319 e. The van der Waals surface area contributed by atoms with Gasteiger partial charge < -0.3 is 15.4 Å². The van der Waals surface area contributed by atoms with Crippen LogP contribution in [0.25, 0.3) is 32.9 Å². The van der Waals surface area contributed by atoms with Crippen LogP contribution in [0.2, 0.25) is 0 Å². The van der Waals surface area contributed by atoms with Gasteiger partial charge in [0.1, 0.15) is 29.5 Å². The summed E-state index contributed by atoms with van der Waals surface area (Å²) in [6.45, 7) is 2.11. The topological polar surface area (TPSA) is 92.4 Å². The fourth-order valence-electron chi connectivity index (χ4n) is 8.12. The standard InChI is InChI=1S/C34H33F4N7O/c1-2-20-22(35)9-8-18-14-19(39)15-21(26(18)20)29-28(37)30-27-23(40-29)6-3-7-24-31(38)41-25(36)16-45(24)32(27)43-33(42-30)46-17-34-10-4-12-44(34)13-5-11-34/h1,8-9,14-15,24-25,31,41H,3-7,10-13,16-17,39H2. The molecular formula is C34H33F4N7O. The largest absolute Gasteiger partial charge is 0.461 e. The van der Waals surface area contributed by atoms with Gasteiger partial charge in [-0.15, -0.1) is 6.42 Å². The van der Waals surface area contributed by atoms with Crippen molar-refractivity contribution < 1.29 is 22.3 Å². The number of aromatic nitrogens is 3. The van der Waals surface area contributed by atoms with E-state index in [4.69, 9.17) is 26.9 Å². The van der Waals surface area contributed by atoms with Gasteiger partial charge in [0, 0.05) is 16.6 Å². The van der Waals surface area contributed by atoms with Crippen LogP contribution < -0.4 is 20.7 Å². The highest BCUT2D eigenvalue weighted by Crippen LogP contribution is 2.43. The number of hydrogen-bond acceptors (Lipinski definition) is 8. The first-order valence-electron chi connectivity index (χ1n) is 15.8. The first-order chi connectivity index (χ1) is 22.3. The summed E-state index contributed by atoms with van der Waals surface area (Å²) in [5.74, 6) is 1.15. The molecule has 3 N–H and O–H groups in total. The maximum atomic E-state index is 17.0. The number of ether oxygens (including phenoxy) is 1. The number of hydrogen-bond donors (Lipinski definition) is 2. The Morgan fingerprint density at radius 1 is 1.07 bits per heavy atom. The van der Waals surface area contributed by atoms with Gasteiger partial charge in [0.15, 0.2) is 18.4 Å². The molecule has 4 aliphatic heterocycles. The summed E-state index contributed by atoms with van der Waals surface area (Å²) in [4.78, 5) is 18.1. The van der Waals surface area contributed by atoms with E-state index in [-0.39, 0.29) is 51.6 Å². The number of nitrogen functional groups attached to an aromatic ring is 1. The van der Waals surface area contributed by atoms with Crippen molar-refractivity contribution in [1.82, 2.24) is 25.2 Å². The van der Waals surface area contributed by atoms with Crippen LogP contribution in [0, 0.1) is 24.0 Å².